The SMILES string of the molecule is Cc1ccccc1C[C@@H](C)CO. The van der Waals surface area contributed by atoms with E-state index in [4.69, 9.17) is 5.11 Å². The van der Waals surface area contributed by atoms with E-state index in [0.29, 0.717) is 5.92 Å². The molecular formula is C11H16O. The smallest absolute Gasteiger partial charge is 0.0459 e. The van der Waals surface area contributed by atoms with Gasteiger partial charge in [-0.1, -0.05) is 31.2 Å². The molecule has 1 aromatic carbocycles. The molecule has 0 bridgehead atoms. The van der Waals surface area contributed by atoms with Gasteiger partial charge < -0.3 is 5.11 Å². The zero-order valence-electron chi connectivity index (χ0n) is 7.75. The Morgan fingerprint density at radius 1 is 1.33 bits per heavy atom. The van der Waals surface area contributed by atoms with Crippen LogP contribution in [0.25, 0.3) is 0 Å². The van der Waals surface area contributed by atoms with Crippen LogP contribution in [0.2, 0.25) is 0 Å². The van der Waals surface area contributed by atoms with Gasteiger partial charge in [0.05, 0.1) is 0 Å². The molecule has 1 nitrogen and oxygen atoms in total. The van der Waals surface area contributed by atoms with Crippen LogP contribution in [0.15, 0.2) is 24.3 Å². The summed E-state index contributed by atoms with van der Waals surface area (Å²) < 4.78 is 0. The van der Waals surface area contributed by atoms with Crippen molar-refractivity contribution in [2.24, 2.45) is 5.92 Å². The monoisotopic (exact) mass is 164 g/mol. The number of aliphatic hydroxyl groups is 1. The van der Waals surface area contributed by atoms with Gasteiger partial charge in [-0.2, -0.15) is 0 Å². The van der Waals surface area contributed by atoms with Crippen LogP contribution in [0, 0.1) is 12.8 Å². The molecule has 0 aliphatic heterocycles. The predicted octanol–water partition coefficient (Wildman–Crippen LogP) is 2.17. The van der Waals surface area contributed by atoms with Gasteiger partial charge in [0.25, 0.3) is 0 Å². The van der Waals surface area contributed by atoms with Gasteiger partial charge in [0.15, 0.2) is 0 Å². The molecule has 0 heterocycles. The van der Waals surface area contributed by atoms with E-state index in [9.17, 15) is 0 Å². The van der Waals surface area contributed by atoms with Crippen LogP contribution >= 0.6 is 0 Å². The van der Waals surface area contributed by atoms with Gasteiger partial charge >= 0.3 is 0 Å². The predicted molar refractivity (Wildman–Crippen MR) is 51.1 cm³/mol. The quantitative estimate of drug-likeness (QED) is 0.726. The van der Waals surface area contributed by atoms with Crippen LogP contribution in [0.1, 0.15) is 18.1 Å². The summed E-state index contributed by atoms with van der Waals surface area (Å²) in [5.74, 6) is 0.367. The summed E-state index contributed by atoms with van der Waals surface area (Å²) in [4.78, 5) is 0. The molecule has 0 aliphatic rings. The molecule has 0 spiro atoms. The Labute approximate surface area is 74.1 Å². The maximum Gasteiger partial charge on any atom is 0.0459 e. The molecule has 0 saturated heterocycles. The minimum atomic E-state index is 0.272. The number of rotatable bonds is 3. The molecule has 0 amide bonds. The van der Waals surface area contributed by atoms with Crippen LogP contribution in [0.4, 0.5) is 0 Å². The highest BCUT2D eigenvalue weighted by atomic mass is 16.3. The fourth-order valence-electron chi connectivity index (χ4n) is 1.28. The Bertz CT molecular complexity index is 243. The molecule has 0 radical (unpaired) electrons. The topological polar surface area (TPSA) is 20.2 Å². The zero-order valence-corrected chi connectivity index (χ0v) is 7.75. The lowest BCUT2D eigenvalue weighted by molar-refractivity contribution is 0.237. The fourth-order valence-corrected chi connectivity index (χ4v) is 1.28. The van der Waals surface area contributed by atoms with Gasteiger partial charge in [0.1, 0.15) is 0 Å². The van der Waals surface area contributed by atoms with Crippen LogP contribution in [-0.2, 0) is 6.42 Å². The maximum atomic E-state index is 8.89. The van der Waals surface area contributed by atoms with Crippen molar-refractivity contribution in [1.82, 2.24) is 0 Å². The zero-order chi connectivity index (χ0) is 8.97. The van der Waals surface area contributed by atoms with Crippen LogP contribution in [0.3, 0.4) is 0 Å². The highest BCUT2D eigenvalue weighted by molar-refractivity contribution is 5.25. The summed E-state index contributed by atoms with van der Waals surface area (Å²) >= 11 is 0. The van der Waals surface area contributed by atoms with Crippen molar-refractivity contribution in [3.05, 3.63) is 35.4 Å². The third-order valence-corrected chi connectivity index (χ3v) is 2.14. The van der Waals surface area contributed by atoms with Gasteiger partial charge in [-0.15, -0.1) is 0 Å². The number of benzene rings is 1. The summed E-state index contributed by atoms with van der Waals surface area (Å²) in [6.07, 6.45) is 0.975. The highest BCUT2D eigenvalue weighted by Crippen LogP contribution is 2.12. The number of aryl methyl sites for hydroxylation is 1. The van der Waals surface area contributed by atoms with Crippen molar-refractivity contribution >= 4 is 0 Å². The van der Waals surface area contributed by atoms with Gasteiger partial charge in [0.2, 0.25) is 0 Å². The van der Waals surface area contributed by atoms with Gasteiger partial charge in [0, 0.05) is 6.61 Å². The first-order valence-corrected chi connectivity index (χ1v) is 4.39. The number of hydrogen-bond donors (Lipinski definition) is 1. The summed E-state index contributed by atoms with van der Waals surface area (Å²) in [6, 6.07) is 8.33. The van der Waals surface area contributed by atoms with E-state index >= 15 is 0 Å². The molecule has 1 N–H and O–H groups in total. The molecule has 1 rings (SSSR count). The van der Waals surface area contributed by atoms with Gasteiger partial charge in [-0.3, -0.25) is 0 Å². The number of aliphatic hydroxyl groups excluding tert-OH is 1. The maximum absolute atomic E-state index is 8.89. The molecule has 66 valence electrons. The van der Waals surface area contributed by atoms with E-state index in [-0.39, 0.29) is 6.61 Å². The molecule has 0 saturated carbocycles. The van der Waals surface area contributed by atoms with Crippen molar-refractivity contribution in [2.45, 2.75) is 20.3 Å². The van der Waals surface area contributed by atoms with Crippen LogP contribution in [-0.4, -0.2) is 11.7 Å². The number of hydrogen-bond acceptors (Lipinski definition) is 1. The van der Waals surface area contributed by atoms with Crippen LogP contribution in [0.5, 0.6) is 0 Å². The third-order valence-electron chi connectivity index (χ3n) is 2.14. The summed E-state index contributed by atoms with van der Waals surface area (Å²) in [5, 5.41) is 8.89. The van der Waals surface area contributed by atoms with Gasteiger partial charge in [-0.25, -0.2) is 0 Å². The second-order valence-corrected chi connectivity index (χ2v) is 3.42. The molecule has 1 heteroatoms. The molecule has 1 aromatic rings. The van der Waals surface area contributed by atoms with Crippen LogP contribution < -0.4 is 0 Å². The Hall–Kier alpha value is -0.820. The van der Waals surface area contributed by atoms with Crippen molar-refractivity contribution in [1.29, 1.82) is 0 Å². The first-order chi connectivity index (χ1) is 5.74. The standard InChI is InChI=1S/C11H16O/c1-9(8-12)7-11-6-4-3-5-10(11)2/h3-6,9,12H,7-8H2,1-2H3/t9-/m1/s1. The third kappa shape index (κ3) is 2.35. The van der Waals surface area contributed by atoms with Crippen molar-refractivity contribution < 1.29 is 5.11 Å². The Kier molecular flexibility index (Phi) is 3.30. The van der Waals surface area contributed by atoms with E-state index in [1.165, 1.54) is 11.1 Å². The average molecular weight is 164 g/mol. The lowest BCUT2D eigenvalue weighted by Crippen LogP contribution is -2.05. The normalized spacial score (nSPS) is 12.9. The lowest BCUT2D eigenvalue weighted by atomic mass is 9.98. The first-order valence-electron chi connectivity index (χ1n) is 4.39. The minimum absolute atomic E-state index is 0.272. The summed E-state index contributed by atoms with van der Waals surface area (Å²) in [5.41, 5.74) is 2.66. The Morgan fingerprint density at radius 2 is 2.00 bits per heavy atom. The largest absolute Gasteiger partial charge is 0.396 e. The lowest BCUT2D eigenvalue weighted by Gasteiger charge is -2.09. The second kappa shape index (κ2) is 4.27. The molecular weight excluding hydrogens is 148 g/mol. The molecule has 1 atom stereocenters. The highest BCUT2D eigenvalue weighted by Gasteiger charge is 2.03. The van der Waals surface area contributed by atoms with Crippen molar-refractivity contribution in [3.8, 4) is 0 Å². The van der Waals surface area contributed by atoms with Gasteiger partial charge in [-0.05, 0) is 30.4 Å². The van der Waals surface area contributed by atoms with E-state index in [2.05, 4.69) is 26.0 Å². The minimum Gasteiger partial charge on any atom is -0.396 e. The molecule has 0 aromatic heterocycles. The Balaban J connectivity index is 2.69. The Morgan fingerprint density at radius 3 is 2.58 bits per heavy atom. The van der Waals surface area contributed by atoms with E-state index < -0.39 is 0 Å². The van der Waals surface area contributed by atoms with E-state index in [0.717, 1.165) is 6.42 Å². The molecule has 12 heavy (non-hydrogen) atoms. The molecule has 0 fully saturated rings. The van der Waals surface area contributed by atoms with Crippen molar-refractivity contribution in [3.63, 3.8) is 0 Å². The molecule has 0 aliphatic carbocycles. The summed E-state index contributed by atoms with van der Waals surface area (Å²) in [6.45, 7) is 4.44. The van der Waals surface area contributed by atoms with E-state index in [1.807, 2.05) is 12.1 Å². The molecule has 0 unspecified atom stereocenters. The average Bonchev–Trinajstić information content (AvgIpc) is 2.09. The second-order valence-electron chi connectivity index (χ2n) is 3.42. The van der Waals surface area contributed by atoms with E-state index in [1.54, 1.807) is 0 Å². The van der Waals surface area contributed by atoms with Crippen molar-refractivity contribution in [2.75, 3.05) is 6.61 Å². The summed E-state index contributed by atoms with van der Waals surface area (Å²) in [7, 11) is 0. The fraction of sp³-hybridized carbons (Fsp3) is 0.455. The first kappa shape index (κ1) is 9.27.